The first-order valence-corrected chi connectivity index (χ1v) is 6.67. The molecule has 6 heteroatoms. The Morgan fingerprint density at radius 2 is 2.15 bits per heavy atom. The third-order valence-corrected chi connectivity index (χ3v) is 3.61. The maximum absolute atomic E-state index is 12.2. The second kappa shape index (κ2) is 5.92. The highest BCUT2D eigenvalue weighted by Gasteiger charge is 2.12. The number of nitrogen functional groups attached to an aromatic ring is 1. The number of benzene rings is 1. The lowest BCUT2D eigenvalue weighted by Gasteiger charge is -2.09. The van der Waals surface area contributed by atoms with E-state index in [4.69, 9.17) is 10.5 Å². The van der Waals surface area contributed by atoms with E-state index in [-0.39, 0.29) is 5.91 Å². The summed E-state index contributed by atoms with van der Waals surface area (Å²) in [6, 6.07) is 6.77. The fourth-order valence-corrected chi connectivity index (χ4v) is 1.90. The predicted molar refractivity (Wildman–Crippen MR) is 82.0 cm³/mol. The molecule has 0 aliphatic carbocycles. The van der Waals surface area contributed by atoms with Crippen molar-refractivity contribution in [3.8, 4) is 5.75 Å². The number of carbonyl (C=O) groups is 1. The predicted octanol–water partition coefficient (Wildman–Crippen LogP) is 3.00. The van der Waals surface area contributed by atoms with Gasteiger partial charge in [0, 0.05) is 5.69 Å². The van der Waals surface area contributed by atoms with Gasteiger partial charge in [0.1, 0.15) is 10.4 Å². The van der Waals surface area contributed by atoms with Gasteiger partial charge in [-0.05, 0) is 52.7 Å². The summed E-state index contributed by atoms with van der Waals surface area (Å²) in [5.74, 6) is 0.277. The SMILES string of the molecule is COc1ccc(N)c(C(=O)Nc2cnc(Br)c(C)c2)c1. The number of nitrogens with two attached hydrogens (primary N) is 1. The Hall–Kier alpha value is -2.08. The number of halogens is 1. The number of pyridine rings is 1. The van der Waals surface area contributed by atoms with Gasteiger partial charge in [0.2, 0.25) is 0 Å². The summed E-state index contributed by atoms with van der Waals surface area (Å²) in [5, 5.41) is 2.76. The van der Waals surface area contributed by atoms with Gasteiger partial charge in [-0.1, -0.05) is 0 Å². The summed E-state index contributed by atoms with van der Waals surface area (Å²) in [4.78, 5) is 16.3. The molecule has 1 heterocycles. The summed E-state index contributed by atoms with van der Waals surface area (Å²) < 4.78 is 5.84. The second-order valence-corrected chi connectivity index (χ2v) is 4.99. The smallest absolute Gasteiger partial charge is 0.257 e. The number of ether oxygens (including phenoxy) is 1. The van der Waals surface area contributed by atoms with Gasteiger partial charge in [-0.3, -0.25) is 4.79 Å². The molecule has 0 bridgehead atoms. The molecule has 20 heavy (non-hydrogen) atoms. The molecule has 0 fully saturated rings. The van der Waals surface area contributed by atoms with Gasteiger partial charge >= 0.3 is 0 Å². The fraction of sp³-hybridized carbons (Fsp3) is 0.143. The fourth-order valence-electron chi connectivity index (χ4n) is 1.68. The zero-order valence-electron chi connectivity index (χ0n) is 11.1. The van der Waals surface area contributed by atoms with Crippen LogP contribution in [-0.4, -0.2) is 18.0 Å². The molecule has 0 atom stereocenters. The molecule has 0 radical (unpaired) electrons. The minimum absolute atomic E-state index is 0.301. The van der Waals surface area contributed by atoms with Crippen molar-refractivity contribution >= 4 is 33.2 Å². The molecule has 5 nitrogen and oxygen atoms in total. The van der Waals surface area contributed by atoms with E-state index in [0.717, 1.165) is 10.2 Å². The first-order chi connectivity index (χ1) is 9.51. The second-order valence-electron chi connectivity index (χ2n) is 4.24. The monoisotopic (exact) mass is 335 g/mol. The topological polar surface area (TPSA) is 77.2 Å². The molecule has 0 spiro atoms. The van der Waals surface area contributed by atoms with Crippen LogP contribution < -0.4 is 15.8 Å². The number of nitrogens with zero attached hydrogens (tertiary/aromatic N) is 1. The largest absolute Gasteiger partial charge is 0.497 e. The third kappa shape index (κ3) is 3.08. The Bertz CT molecular complexity index is 659. The molecule has 0 aliphatic rings. The zero-order chi connectivity index (χ0) is 14.7. The van der Waals surface area contributed by atoms with Crippen molar-refractivity contribution in [3.63, 3.8) is 0 Å². The van der Waals surface area contributed by atoms with Crippen molar-refractivity contribution in [2.24, 2.45) is 0 Å². The first kappa shape index (κ1) is 14.3. The highest BCUT2D eigenvalue weighted by molar-refractivity contribution is 9.10. The van der Waals surface area contributed by atoms with E-state index in [1.807, 2.05) is 13.0 Å². The lowest BCUT2D eigenvalue weighted by molar-refractivity contribution is 0.102. The van der Waals surface area contributed by atoms with Gasteiger partial charge in [0.15, 0.2) is 0 Å². The van der Waals surface area contributed by atoms with E-state index in [0.29, 0.717) is 22.7 Å². The highest BCUT2D eigenvalue weighted by Crippen LogP contribution is 2.22. The lowest BCUT2D eigenvalue weighted by Crippen LogP contribution is -2.14. The van der Waals surface area contributed by atoms with Gasteiger partial charge in [0.25, 0.3) is 5.91 Å². The van der Waals surface area contributed by atoms with Crippen LogP contribution in [0, 0.1) is 6.92 Å². The normalized spacial score (nSPS) is 10.2. The Morgan fingerprint density at radius 3 is 2.80 bits per heavy atom. The number of hydrogen-bond donors (Lipinski definition) is 2. The molecule has 0 saturated carbocycles. The summed E-state index contributed by atoms with van der Waals surface area (Å²) in [7, 11) is 1.54. The van der Waals surface area contributed by atoms with Crippen LogP contribution in [0.5, 0.6) is 5.75 Å². The highest BCUT2D eigenvalue weighted by atomic mass is 79.9. The Balaban J connectivity index is 2.25. The van der Waals surface area contributed by atoms with Crippen molar-refractivity contribution in [2.75, 3.05) is 18.2 Å². The molecule has 0 unspecified atom stereocenters. The van der Waals surface area contributed by atoms with Crippen LogP contribution >= 0.6 is 15.9 Å². The maximum Gasteiger partial charge on any atom is 0.257 e. The Labute approximate surface area is 125 Å². The van der Waals surface area contributed by atoms with Gasteiger partial charge in [0.05, 0.1) is 24.6 Å². The van der Waals surface area contributed by atoms with E-state index >= 15 is 0 Å². The number of aromatic nitrogens is 1. The van der Waals surface area contributed by atoms with Crippen LogP contribution in [0.15, 0.2) is 35.1 Å². The molecule has 3 N–H and O–H groups in total. The van der Waals surface area contributed by atoms with Crippen molar-refractivity contribution in [3.05, 3.63) is 46.2 Å². The number of methoxy groups -OCH3 is 1. The lowest BCUT2D eigenvalue weighted by atomic mass is 10.1. The summed E-state index contributed by atoms with van der Waals surface area (Å²) in [6.07, 6.45) is 1.57. The van der Waals surface area contributed by atoms with E-state index in [1.165, 1.54) is 7.11 Å². The first-order valence-electron chi connectivity index (χ1n) is 5.88. The Morgan fingerprint density at radius 1 is 1.40 bits per heavy atom. The molecule has 1 aromatic carbocycles. The van der Waals surface area contributed by atoms with E-state index in [2.05, 4.69) is 26.2 Å². The molecule has 0 saturated heterocycles. The van der Waals surface area contributed by atoms with E-state index in [1.54, 1.807) is 24.4 Å². The molecular formula is C14H14BrN3O2. The molecule has 1 aromatic heterocycles. The number of nitrogens with one attached hydrogen (secondary N) is 1. The van der Waals surface area contributed by atoms with Gasteiger partial charge < -0.3 is 15.8 Å². The number of hydrogen-bond acceptors (Lipinski definition) is 4. The quantitative estimate of drug-likeness (QED) is 0.667. The van der Waals surface area contributed by atoms with Crippen LogP contribution in [0.4, 0.5) is 11.4 Å². The van der Waals surface area contributed by atoms with E-state index in [9.17, 15) is 4.79 Å². The van der Waals surface area contributed by atoms with Crippen molar-refractivity contribution in [1.82, 2.24) is 4.98 Å². The summed E-state index contributed by atoms with van der Waals surface area (Å²) in [5.41, 5.74) is 8.11. The van der Waals surface area contributed by atoms with Crippen LogP contribution in [0.3, 0.4) is 0 Å². The van der Waals surface area contributed by atoms with Crippen LogP contribution in [0.1, 0.15) is 15.9 Å². The van der Waals surface area contributed by atoms with Gasteiger partial charge in [-0.15, -0.1) is 0 Å². The average molecular weight is 336 g/mol. The van der Waals surface area contributed by atoms with Gasteiger partial charge in [-0.2, -0.15) is 0 Å². The van der Waals surface area contributed by atoms with Gasteiger partial charge in [-0.25, -0.2) is 4.98 Å². The standard InChI is InChI=1S/C14H14BrN3O2/c1-8-5-9(7-17-13(8)15)18-14(19)11-6-10(20-2)3-4-12(11)16/h3-7H,16H2,1-2H3,(H,18,19). The third-order valence-electron chi connectivity index (χ3n) is 2.78. The molecule has 1 amide bonds. The number of anilines is 2. The summed E-state index contributed by atoms with van der Waals surface area (Å²) in [6.45, 7) is 1.90. The maximum atomic E-state index is 12.2. The van der Waals surface area contributed by atoms with Crippen molar-refractivity contribution in [2.45, 2.75) is 6.92 Å². The van der Waals surface area contributed by atoms with Crippen LogP contribution in [0.2, 0.25) is 0 Å². The number of amides is 1. The number of rotatable bonds is 3. The minimum atomic E-state index is -0.301. The van der Waals surface area contributed by atoms with Crippen molar-refractivity contribution < 1.29 is 9.53 Å². The molecule has 0 aliphatic heterocycles. The van der Waals surface area contributed by atoms with Crippen LogP contribution in [-0.2, 0) is 0 Å². The zero-order valence-corrected chi connectivity index (χ0v) is 12.7. The number of carbonyl (C=O) groups excluding carboxylic acids is 1. The molecule has 104 valence electrons. The molecular weight excluding hydrogens is 322 g/mol. The van der Waals surface area contributed by atoms with Crippen molar-refractivity contribution in [1.29, 1.82) is 0 Å². The van der Waals surface area contributed by atoms with Crippen LogP contribution in [0.25, 0.3) is 0 Å². The molecule has 2 aromatic rings. The minimum Gasteiger partial charge on any atom is -0.497 e. The van der Waals surface area contributed by atoms with E-state index < -0.39 is 0 Å². The average Bonchev–Trinajstić information content (AvgIpc) is 2.43. The number of aryl methyl sites for hydroxylation is 1. The molecule has 2 rings (SSSR count). The summed E-state index contributed by atoms with van der Waals surface area (Å²) >= 11 is 3.31. The Kier molecular flexibility index (Phi) is 4.24.